The summed E-state index contributed by atoms with van der Waals surface area (Å²) in [5, 5.41) is 3.02. The first-order valence-electron chi connectivity index (χ1n) is 7.73. The number of sulfonamides is 1. The second-order valence-electron chi connectivity index (χ2n) is 5.18. The van der Waals surface area contributed by atoms with Gasteiger partial charge in [0.05, 0.1) is 4.90 Å². The average molecular weight is 313 g/mol. The normalized spacial score (nSPS) is 13.1. The van der Waals surface area contributed by atoms with Crippen LogP contribution in [0.3, 0.4) is 0 Å². The maximum absolute atomic E-state index is 12.3. The van der Waals surface area contributed by atoms with Gasteiger partial charge in [0.25, 0.3) is 0 Å². The third-order valence-corrected chi connectivity index (χ3v) is 4.93. The van der Waals surface area contributed by atoms with Crippen molar-refractivity contribution in [3.63, 3.8) is 0 Å². The van der Waals surface area contributed by atoms with E-state index in [0.717, 1.165) is 25.7 Å². The van der Waals surface area contributed by atoms with Gasteiger partial charge < -0.3 is 5.32 Å². The van der Waals surface area contributed by atoms with Crippen molar-refractivity contribution in [2.75, 3.05) is 18.4 Å². The lowest BCUT2D eigenvalue weighted by Crippen LogP contribution is -2.29. The Morgan fingerprint density at radius 3 is 2.67 bits per heavy atom. The minimum atomic E-state index is -3.46. The summed E-state index contributed by atoms with van der Waals surface area (Å²) in [5.74, 6) is 0.980. The van der Waals surface area contributed by atoms with Crippen molar-refractivity contribution in [3.8, 4) is 0 Å². The first-order valence-corrected chi connectivity index (χ1v) is 9.21. The number of anilines is 1. The van der Waals surface area contributed by atoms with Gasteiger partial charge in [-0.1, -0.05) is 33.1 Å². The zero-order valence-corrected chi connectivity index (χ0v) is 14.0. The lowest BCUT2D eigenvalue weighted by molar-refractivity contribution is 0.443. The van der Waals surface area contributed by atoms with Crippen LogP contribution < -0.4 is 10.0 Å². The van der Waals surface area contributed by atoms with E-state index in [1.165, 1.54) is 12.3 Å². The summed E-state index contributed by atoms with van der Waals surface area (Å²) in [7, 11) is -3.46. The Morgan fingerprint density at radius 1 is 1.29 bits per heavy atom. The molecular formula is C15H27N3O2S. The first-order chi connectivity index (χ1) is 10.0. The molecule has 0 saturated carbocycles. The van der Waals surface area contributed by atoms with E-state index in [2.05, 4.69) is 28.9 Å². The van der Waals surface area contributed by atoms with Crippen LogP contribution >= 0.6 is 0 Å². The molecule has 0 aromatic carbocycles. The SMILES string of the molecule is CCCCC(CC)CNS(=O)(=O)c1ccnc(NCC)c1. The van der Waals surface area contributed by atoms with Crippen molar-refractivity contribution in [2.45, 2.75) is 51.3 Å². The molecule has 0 bridgehead atoms. The number of unbranched alkanes of at least 4 members (excludes halogenated alkanes) is 1. The van der Waals surface area contributed by atoms with Crippen LogP contribution in [0.15, 0.2) is 23.2 Å². The minimum absolute atomic E-state index is 0.263. The van der Waals surface area contributed by atoms with Crippen LogP contribution in [-0.4, -0.2) is 26.5 Å². The van der Waals surface area contributed by atoms with Gasteiger partial charge in [-0.15, -0.1) is 0 Å². The number of aromatic nitrogens is 1. The van der Waals surface area contributed by atoms with Crippen molar-refractivity contribution >= 4 is 15.8 Å². The van der Waals surface area contributed by atoms with E-state index in [1.54, 1.807) is 6.07 Å². The van der Waals surface area contributed by atoms with Gasteiger partial charge in [0.1, 0.15) is 5.82 Å². The molecule has 1 aromatic heterocycles. The van der Waals surface area contributed by atoms with Crippen LogP contribution in [-0.2, 0) is 10.0 Å². The zero-order chi connectivity index (χ0) is 15.7. The van der Waals surface area contributed by atoms with Crippen LogP contribution in [0.5, 0.6) is 0 Å². The number of hydrogen-bond acceptors (Lipinski definition) is 4. The van der Waals surface area contributed by atoms with Crippen LogP contribution in [0.1, 0.15) is 46.5 Å². The molecule has 0 aliphatic heterocycles. The maximum Gasteiger partial charge on any atom is 0.240 e. The molecule has 5 nitrogen and oxygen atoms in total. The molecule has 6 heteroatoms. The highest BCUT2D eigenvalue weighted by atomic mass is 32.2. The number of pyridine rings is 1. The minimum Gasteiger partial charge on any atom is -0.370 e. The Morgan fingerprint density at radius 2 is 2.05 bits per heavy atom. The van der Waals surface area contributed by atoms with Crippen LogP contribution in [0, 0.1) is 5.92 Å². The third kappa shape index (κ3) is 6.01. The van der Waals surface area contributed by atoms with Crippen molar-refractivity contribution < 1.29 is 8.42 Å². The van der Waals surface area contributed by atoms with Crippen LogP contribution in [0.2, 0.25) is 0 Å². The molecule has 21 heavy (non-hydrogen) atoms. The summed E-state index contributed by atoms with van der Waals surface area (Å²) in [4.78, 5) is 4.35. The molecule has 120 valence electrons. The fourth-order valence-electron chi connectivity index (χ4n) is 2.11. The largest absolute Gasteiger partial charge is 0.370 e. The summed E-state index contributed by atoms with van der Waals surface area (Å²) in [6.45, 7) is 7.40. The lowest BCUT2D eigenvalue weighted by atomic mass is 10.00. The van der Waals surface area contributed by atoms with Crippen molar-refractivity contribution in [1.82, 2.24) is 9.71 Å². The molecule has 1 aromatic rings. The fraction of sp³-hybridized carbons (Fsp3) is 0.667. The average Bonchev–Trinajstić information content (AvgIpc) is 2.48. The number of nitrogens with zero attached hydrogens (tertiary/aromatic N) is 1. The van der Waals surface area contributed by atoms with Crippen molar-refractivity contribution in [3.05, 3.63) is 18.3 Å². The summed E-state index contributed by atoms with van der Waals surface area (Å²) < 4.78 is 27.4. The Labute approximate surface area is 128 Å². The van der Waals surface area contributed by atoms with Gasteiger partial charge in [-0.25, -0.2) is 18.1 Å². The third-order valence-electron chi connectivity index (χ3n) is 3.50. The van der Waals surface area contributed by atoms with Crippen LogP contribution in [0.25, 0.3) is 0 Å². The topological polar surface area (TPSA) is 71.1 Å². The Bertz CT molecular complexity index is 517. The molecule has 0 spiro atoms. The van der Waals surface area contributed by atoms with Gasteiger partial charge in [0, 0.05) is 25.4 Å². The molecule has 0 aliphatic carbocycles. The first kappa shape index (κ1) is 17.9. The van der Waals surface area contributed by atoms with E-state index in [0.29, 0.717) is 24.8 Å². The van der Waals surface area contributed by atoms with E-state index in [4.69, 9.17) is 0 Å². The molecule has 0 amide bonds. The highest BCUT2D eigenvalue weighted by Crippen LogP contribution is 2.15. The second kappa shape index (κ2) is 9.00. The predicted molar refractivity (Wildman–Crippen MR) is 86.9 cm³/mol. The summed E-state index contributed by atoms with van der Waals surface area (Å²) >= 11 is 0. The summed E-state index contributed by atoms with van der Waals surface area (Å²) in [6, 6.07) is 3.09. The van der Waals surface area contributed by atoms with Crippen molar-refractivity contribution in [2.24, 2.45) is 5.92 Å². The van der Waals surface area contributed by atoms with E-state index < -0.39 is 10.0 Å². The van der Waals surface area contributed by atoms with Gasteiger partial charge >= 0.3 is 0 Å². The highest BCUT2D eigenvalue weighted by Gasteiger charge is 2.16. The van der Waals surface area contributed by atoms with Crippen LogP contribution in [0.4, 0.5) is 5.82 Å². The van der Waals surface area contributed by atoms with Crippen molar-refractivity contribution in [1.29, 1.82) is 0 Å². The summed E-state index contributed by atoms with van der Waals surface area (Å²) in [5.41, 5.74) is 0. The van der Waals surface area contributed by atoms with E-state index >= 15 is 0 Å². The number of hydrogen-bond donors (Lipinski definition) is 2. The van der Waals surface area contributed by atoms with Gasteiger partial charge in [-0.3, -0.25) is 0 Å². The van der Waals surface area contributed by atoms with E-state index in [9.17, 15) is 8.42 Å². The van der Waals surface area contributed by atoms with E-state index in [1.807, 2.05) is 6.92 Å². The molecule has 1 heterocycles. The second-order valence-corrected chi connectivity index (χ2v) is 6.94. The molecule has 0 fully saturated rings. The molecular weight excluding hydrogens is 286 g/mol. The molecule has 1 unspecified atom stereocenters. The molecule has 0 aliphatic rings. The quantitative estimate of drug-likeness (QED) is 0.696. The van der Waals surface area contributed by atoms with Gasteiger partial charge in [0.15, 0.2) is 0 Å². The molecule has 0 saturated heterocycles. The summed E-state index contributed by atoms with van der Waals surface area (Å²) in [6.07, 6.45) is 5.84. The standard InChI is InChI=1S/C15H27N3O2S/c1-4-7-8-13(5-2)12-18-21(19,20)14-9-10-17-15(11-14)16-6-3/h9-11,13,18H,4-8,12H2,1-3H3,(H,16,17). The predicted octanol–water partition coefficient (Wildman–Crippen LogP) is 3.01. The van der Waals surface area contributed by atoms with Gasteiger partial charge in [0.2, 0.25) is 10.0 Å². The molecule has 2 N–H and O–H groups in total. The Kier molecular flexibility index (Phi) is 7.67. The fourth-order valence-corrected chi connectivity index (χ4v) is 3.24. The smallest absolute Gasteiger partial charge is 0.240 e. The molecule has 0 radical (unpaired) electrons. The van der Waals surface area contributed by atoms with E-state index in [-0.39, 0.29) is 4.90 Å². The van der Waals surface area contributed by atoms with Gasteiger partial charge in [-0.05, 0) is 25.3 Å². The maximum atomic E-state index is 12.3. The monoisotopic (exact) mass is 313 g/mol. The highest BCUT2D eigenvalue weighted by molar-refractivity contribution is 7.89. The molecule has 1 rings (SSSR count). The Balaban J connectivity index is 2.70. The zero-order valence-electron chi connectivity index (χ0n) is 13.2. The lowest BCUT2D eigenvalue weighted by Gasteiger charge is -2.15. The van der Waals surface area contributed by atoms with Gasteiger partial charge in [-0.2, -0.15) is 0 Å². The Hall–Kier alpha value is -1.14. The number of nitrogens with one attached hydrogen (secondary N) is 2. The number of rotatable bonds is 10. The molecule has 1 atom stereocenters.